The summed E-state index contributed by atoms with van der Waals surface area (Å²) in [6.07, 6.45) is 2.67. The lowest BCUT2D eigenvalue weighted by molar-refractivity contribution is 0.449. The molecule has 16 nitrogen and oxygen atoms in total. The highest BCUT2D eigenvalue weighted by Gasteiger charge is 2.37. The van der Waals surface area contributed by atoms with E-state index in [1.165, 1.54) is 48.8 Å². The molecule has 236 valence electrons. The van der Waals surface area contributed by atoms with E-state index in [1.54, 1.807) is 0 Å². The summed E-state index contributed by atoms with van der Waals surface area (Å²) < 4.78 is 0. The number of hydrogen-bond donors (Lipinski definition) is 6. The van der Waals surface area contributed by atoms with Crippen LogP contribution < -0.4 is 10.9 Å². The number of anilines is 2. The van der Waals surface area contributed by atoms with Crippen molar-refractivity contribution in [3.05, 3.63) is 131 Å². The Morgan fingerprint density at radius 2 is 0.875 bits per heavy atom. The van der Waals surface area contributed by atoms with Gasteiger partial charge in [0.25, 0.3) is 0 Å². The zero-order chi connectivity index (χ0) is 33.0. The quantitative estimate of drug-likeness (QED) is 0.105. The number of phenolic OH excluding ortho intramolecular Hbond substituents is 4. The summed E-state index contributed by atoms with van der Waals surface area (Å²) in [6.45, 7) is 0. The van der Waals surface area contributed by atoms with E-state index < -0.39 is 0 Å². The van der Waals surface area contributed by atoms with Crippen LogP contribution in [0.3, 0.4) is 0 Å². The topological polar surface area (TPSA) is 216 Å². The van der Waals surface area contributed by atoms with E-state index in [-0.39, 0.29) is 57.2 Å². The molecular weight excluding hydrogens is 616 g/mol. The molecule has 4 aromatic carbocycles. The number of nitrogens with one attached hydrogen (secondary N) is 2. The summed E-state index contributed by atoms with van der Waals surface area (Å²) in [5.74, 6) is -0.554. The third-order valence-electron chi connectivity index (χ3n) is 6.87. The lowest BCUT2D eigenvalue weighted by Crippen LogP contribution is -2.24. The fourth-order valence-corrected chi connectivity index (χ4v) is 4.55. The van der Waals surface area contributed by atoms with Crippen molar-refractivity contribution in [3.8, 4) is 23.0 Å². The summed E-state index contributed by atoms with van der Waals surface area (Å²) >= 11 is 0. The second-order valence-corrected chi connectivity index (χ2v) is 10.2. The standard InChI is InChI=1S/C32H24N12O4/c45-23-13-11-19(25(47)15-23)17-33-43-39-29-27(37-35-21-7-3-1-4-8-21)30-32(28(31(29)41-43)38-36-22-9-5-2-6-10-22)42-44(40-30)34-18-20-12-14-24(46)16-26(20)48/h1-18,35-36,45-48H/b33-17+,34-18+,37-27?,38-28?. The van der Waals surface area contributed by atoms with Crippen molar-refractivity contribution in [2.24, 2.45) is 20.4 Å². The number of aromatic hydroxyl groups is 4. The minimum atomic E-state index is -0.182. The number of nitrogens with zero attached hydrogens (tertiary/aromatic N) is 10. The van der Waals surface area contributed by atoms with Crippen molar-refractivity contribution in [2.45, 2.75) is 0 Å². The summed E-state index contributed by atoms with van der Waals surface area (Å²) in [5.41, 5.74) is 9.62. The fraction of sp³-hybridized carbons (Fsp3) is 0. The summed E-state index contributed by atoms with van der Waals surface area (Å²) in [5, 5.41) is 75.8. The molecular formula is C32H24N12O4. The van der Waals surface area contributed by atoms with E-state index in [0.29, 0.717) is 22.5 Å². The van der Waals surface area contributed by atoms with Gasteiger partial charge in [0.2, 0.25) is 0 Å². The molecule has 6 aromatic rings. The molecule has 0 spiro atoms. The van der Waals surface area contributed by atoms with Crippen LogP contribution in [0.5, 0.6) is 23.0 Å². The summed E-state index contributed by atoms with van der Waals surface area (Å²) in [7, 11) is 0. The Kier molecular flexibility index (Phi) is 7.68. The van der Waals surface area contributed by atoms with Gasteiger partial charge in [-0.15, -0.1) is 30.6 Å². The van der Waals surface area contributed by atoms with Gasteiger partial charge in [0.15, 0.2) is 0 Å². The second kappa shape index (κ2) is 12.6. The third kappa shape index (κ3) is 6.11. The number of benzene rings is 4. The van der Waals surface area contributed by atoms with Gasteiger partial charge in [-0.05, 0) is 48.5 Å². The summed E-state index contributed by atoms with van der Waals surface area (Å²) in [6, 6.07) is 26.7. The van der Waals surface area contributed by atoms with Crippen molar-refractivity contribution in [3.63, 3.8) is 0 Å². The first-order valence-corrected chi connectivity index (χ1v) is 14.3. The maximum Gasteiger partial charge on any atom is 0.147 e. The smallest absolute Gasteiger partial charge is 0.147 e. The van der Waals surface area contributed by atoms with E-state index >= 15 is 0 Å². The highest BCUT2D eigenvalue weighted by molar-refractivity contribution is 6.28. The monoisotopic (exact) mass is 640 g/mol. The van der Waals surface area contributed by atoms with Gasteiger partial charge < -0.3 is 20.4 Å². The lowest BCUT2D eigenvalue weighted by Gasteiger charge is -2.12. The van der Waals surface area contributed by atoms with Gasteiger partial charge in [0, 0.05) is 23.3 Å². The molecule has 0 radical (unpaired) electrons. The molecule has 0 aliphatic heterocycles. The number of rotatable bonds is 8. The van der Waals surface area contributed by atoms with Crippen LogP contribution in [0.25, 0.3) is 0 Å². The molecule has 7 rings (SSSR count). The molecule has 0 unspecified atom stereocenters. The lowest BCUT2D eigenvalue weighted by atomic mass is 9.98. The van der Waals surface area contributed by atoms with Crippen LogP contribution in [-0.2, 0) is 0 Å². The minimum absolute atomic E-state index is 0.0952. The maximum atomic E-state index is 10.2. The second-order valence-electron chi connectivity index (χ2n) is 10.2. The molecule has 0 saturated carbocycles. The number of aromatic nitrogens is 6. The minimum Gasteiger partial charge on any atom is -0.508 e. The van der Waals surface area contributed by atoms with Gasteiger partial charge in [0.05, 0.1) is 23.8 Å². The molecule has 2 aromatic heterocycles. The van der Waals surface area contributed by atoms with Crippen LogP contribution in [0, 0.1) is 0 Å². The summed E-state index contributed by atoms with van der Waals surface area (Å²) in [4.78, 5) is 2.11. The molecule has 2 heterocycles. The van der Waals surface area contributed by atoms with Gasteiger partial charge in [-0.2, -0.15) is 10.2 Å². The predicted molar refractivity (Wildman–Crippen MR) is 177 cm³/mol. The zero-order valence-electron chi connectivity index (χ0n) is 24.7. The van der Waals surface area contributed by atoms with Gasteiger partial charge in [-0.25, -0.2) is 0 Å². The first-order chi connectivity index (χ1) is 23.4. The van der Waals surface area contributed by atoms with Crippen LogP contribution in [0.2, 0.25) is 0 Å². The normalized spacial score (nSPS) is 12.2. The number of hydrazone groups is 2. The largest absolute Gasteiger partial charge is 0.508 e. The van der Waals surface area contributed by atoms with Gasteiger partial charge in [0.1, 0.15) is 57.2 Å². The average Bonchev–Trinajstić information content (AvgIpc) is 3.71. The first kappa shape index (κ1) is 29.4. The van der Waals surface area contributed by atoms with Crippen LogP contribution in [0.1, 0.15) is 33.9 Å². The Labute approximate surface area is 270 Å². The number of hydrogen-bond acceptors (Lipinski definition) is 14. The molecule has 48 heavy (non-hydrogen) atoms. The molecule has 0 atom stereocenters. The SMILES string of the molecule is Oc1ccc(/C=N/n2nc3c(n2)C(=NNc2ccccc2)c2nn(/N=C/c4ccc(O)cc4O)nc2C3=NNc2ccccc2)c(O)c1. The van der Waals surface area contributed by atoms with Gasteiger partial charge in [-0.1, -0.05) is 46.2 Å². The molecule has 1 aliphatic rings. The Bertz CT molecular complexity index is 2040. The third-order valence-corrected chi connectivity index (χ3v) is 6.87. The van der Waals surface area contributed by atoms with E-state index in [1.807, 2.05) is 60.7 Å². The average molecular weight is 641 g/mol. The molecule has 0 saturated heterocycles. The number of para-hydroxylation sites is 2. The zero-order valence-corrected chi connectivity index (χ0v) is 24.7. The molecule has 0 fully saturated rings. The van der Waals surface area contributed by atoms with Crippen LogP contribution in [0.4, 0.5) is 11.4 Å². The van der Waals surface area contributed by atoms with Crippen molar-refractivity contribution >= 4 is 35.2 Å². The number of fused-ring (bicyclic) bond motifs is 2. The van der Waals surface area contributed by atoms with Crippen molar-refractivity contribution in [1.82, 2.24) is 30.2 Å². The Balaban J connectivity index is 1.34. The van der Waals surface area contributed by atoms with E-state index in [9.17, 15) is 20.4 Å². The number of phenols is 4. The van der Waals surface area contributed by atoms with E-state index in [4.69, 9.17) is 0 Å². The first-order valence-electron chi connectivity index (χ1n) is 14.3. The Morgan fingerprint density at radius 3 is 1.23 bits per heavy atom. The van der Waals surface area contributed by atoms with E-state index in [0.717, 1.165) is 9.81 Å². The molecule has 16 heteroatoms. The van der Waals surface area contributed by atoms with E-state index in [2.05, 4.69) is 51.7 Å². The van der Waals surface area contributed by atoms with Gasteiger partial charge in [-0.3, -0.25) is 10.9 Å². The fourth-order valence-electron chi connectivity index (χ4n) is 4.55. The van der Waals surface area contributed by atoms with Crippen molar-refractivity contribution < 1.29 is 20.4 Å². The Hall–Kier alpha value is -7.36. The molecule has 0 amide bonds. The molecule has 0 bridgehead atoms. The van der Waals surface area contributed by atoms with Crippen molar-refractivity contribution in [2.75, 3.05) is 10.9 Å². The highest BCUT2D eigenvalue weighted by Crippen LogP contribution is 2.26. The van der Waals surface area contributed by atoms with Gasteiger partial charge >= 0.3 is 0 Å². The van der Waals surface area contributed by atoms with Crippen molar-refractivity contribution in [1.29, 1.82) is 0 Å². The van der Waals surface area contributed by atoms with Crippen LogP contribution in [-0.4, -0.2) is 74.5 Å². The maximum absolute atomic E-state index is 10.2. The Morgan fingerprint density at radius 1 is 0.500 bits per heavy atom. The highest BCUT2D eigenvalue weighted by atomic mass is 16.3. The molecule has 6 N–H and O–H groups in total. The van der Waals surface area contributed by atoms with Crippen LogP contribution in [0.15, 0.2) is 117 Å². The molecule has 1 aliphatic carbocycles. The predicted octanol–water partition coefficient (Wildman–Crippen LogP) is 3.50. The van der Waals surface area contributed by atoms with Crippen LogP contribution >= 0.6 is 0 Å².